The third kappa shape index (κ3) is 3.99. The van der Waals surface area contributed by atoms with Crippen molar-refractivity contribution in [3.63, 3.8) is 0 Å². The molecule has 1 heterocycles. The molecule has 29 heavy (non-hydrogen) atoms. The van der Waals surface area contributed by atoms with Gasteiger partial charge in [0, 0.05) is 10.9 Å². The molecular weight excluding hydrogens is 374 g/mol. The van der Waals surface area contributed by atoms with Gasteiger partial charge in [0.25, 0.3) is 0 Å². The Morgan fingerprint density at radius 1 is 1.10 bits per heavy atom. The molecule has 0 saturated carbocycles. The Kier molecular flexibility index (Phi) is 5.68. The van der Waals surface area contributed by atoms with Crippen molar-refractivity contribution in [1.82, 2.24) is 5.32 Å². The Balaban J connectivity index is 1.92. The summed E-state index contributed by atoms with van der Waals surface area (Å²) in [4.78, 5) is 36.6. The number of hydrogen-bond donors (Lipinski definition) is 2. The second kappa shape index (κ2) is 8.18. The number of fused-ring (bicyclic) bond motifs is 1. The second-order valence-electron chi connectivity index (χ2n) is 6.69. The van der Waals surface area contributed by atoms with Gasteiger partial charge in [-0.05, 0) is 37.1 Å². The fourth-order valence-electron chi connectivity index (χ4n) is 3.30. The zero-order valence-electron chi connectivity index (χ0n) is 16.3. The predicted octanol–water partition coefficient (Wildman–Crippen LogP) is 2.90. The lowest BCUT2D eigenvalue weighted by Crippen LogP contribution is -2.35. The summed E-state index contributed by atoms with van der Waals surface area (Å²) in [5, 5.41) is 12.6. The Morgan fingerprint density at radius 3 is 2.41 bits per heavy atom. The summed E-state index contributed by atoms with van der Waals surface area (Å²) in [5.41, 5.74) is 1.71. The number of rotatable bonds is 6. The third-order valence-corrected chi connectivity index (χ3v) is 4.90. The highest BCUT2D eigenvalue weighted by molar-refractivity contribution is 5.89. The maximum Gasteiger partial charge on any atom is 0.340 e. The van der Waals surface area contributed by atoms with Crippen LogP contribution in [0.1, 0.15) is 28.3 Å². The molecule has 0 aliphatic heterocycles. The molecule has 0 radical (unpaired) electrons. The molecule has 0 unspecified atom stereocenters. The molecule has 3 rings (SSSR count). The van der Waals surface area contributed by atoms with Crippen molar-refractivity contribution in [2.24, 2.45) is 0 Å². The van der Waals surface area contributed by atoms with Gasteiger partial charge in [0.05, 0.1) is 19.1 Å². The summed E-state index contributed by atoms with van der Waals surface area (Å²) in [5.74, 6) is -1.17. The maximum absolute atomic E-state index is 12.5. The smallest absolute Gasteiger partial charge is 0.340 e. The van der Waals surface area contributed by atoms with E-state index in [1.807, 2.05) is 0 Å². The van der Waals surface area contributed by atoms with E-state index in [0.29, 0.717) is 33.4 Å². The molecule has 0 aliphatic carbocycles. The van der Waals surface area contributed by atoms with Gasteiger partial charge in [-0.3, -0.25) is 4.79 Å². The number of carbonyl (C=O) groups excluding carboxylic acids is 1. The lowest BCUT2D eigenvalue weighted by atomic mass is 10.0. The first-order chi connectivity index (χ1) is 13.8. The first kappa shape index (κ1) is 20.1. The van der Waals surface area contributed by atoms with Gasteiger partial charge in [0.1, 0.15) is 11.3 Å². The van der Waals surface area contributed by atoms with Gasteiger partial charge in [-0.25, -0.2) is 9.59 Å². The van der Waals surface area contributed by atoms with Crippen LogP contribution in [-0.2, 0) is 16.0 Å². The molecule has 0 spiro atoms. The number of methoxy groups -OCH3 is 1. The summed E-state index contributed by atoms with van der Waals surface area (Å²) >= 11 is 0. The van der Waals surface area contributed by atoms with Crippen molar-refractivity contribution in [2.75, 3.05) is 7.11 Å². The van der Waals surface area contributed by atoms with Crippen LogP contribution in [0.3, 0.4) is 0 Å². The van der Waals surface area contributed by atoms with E-state index in [4.69, 9.17) is 9.15 Å². The van der Waals surface area contributed by atoms with Gasteiger partial charge in [0.2, 0.25) is 5.91 Å². The van der Waals surface area contributed by atoms with Crippen LogP contribution in [0, 0.1) is 13.8 Å². The Hall–Kier alpha value is -3.61. The monoisotopic (exact) mass is 395 g/mol. The summed E-state index contributed by atoms with van der Waals surface area (Å²) in [6.45, 7) is 3.52. The topological polar surface area (TPSA) is 106 Å². The number of amides is 1. The Morgan fingerprint density at radius 2 is 1.79 bits per heavy atom. The van der Waals surface area contributed by atoms with Crippen molar-refractivity contribution < 1.29 is 23.8 Å². The van der Waals surface area contributed by atoms with E-state index in [9.17, 15) is 19.5 Å². The molecule has 0 fully saturated rings. The number of benzene rings is 2. The number of carboxylic acid groups (broad SMARTS) is 1. The lowest BCUT2D eigenvalue weighted by Gasteiger charge is -2.16. The first-order valence-electron chi connectivity index (χ1n) is 9.00. The highest BCUT2D eigenvalue weighted by atomic mass is 16.5. The number of aryl methyl sites for hydroxylation is 2. The van der Waals surface area contributed by atoms with Gasteiger partial charge in [-0.15, -0.1) is 0 Å². The van der Waals surface area contributed by atoms with Crippen molar-refractivity contribution in [3.05, 3.63) is 75.1 Å². The van der Waals surface area contributed by atoms with Crippen LogP contribution in [0.15, 0.2) is 51.7 Å². The quantitative estimate of drug-likeness (QED) is 0.622. The summed E-state index contributed by atoms with van der Waals surface area (Å²) in [7, 11) is 1.53. The van der Waals surface area contributed by atoms with Crippen molar-refractivity contribution in [1.29, 1.82) is 0 Å². The minimum Gasteiger partial charge on any atom is -0.496 e. The van der Waals surface area contributed by atoms with Gasteiger partial charge in [0.15, 0.2) is 6.04 Å². The van der Waals surface area contributed by atoms with Crippen molar-refractivity contribution in [3.8, 4) is 5.75 Å². The molecule has 0 saturated heterocycles. The SMILES string of the molecule is COc1ccc2c(C)c(CC(=O)N[C@H](C(=O)O)c3ccccc3)c(=O)oc2c1C. The Labute approximate surface area is 166 Å². The fraction of sp³-hybridized carbons (Fsp3) is 0.227. The molecule has 2 aromatic carbocycles. The minimum atomic E-state index is -1.21. The van der Waals surface area contributed by atoms with Crippen LogP contribution in [-0.4, -0.2) is 24.1 Å². The fourth-order valence-corrected chi connectivity index (χ4v) is 3.30. The highest BCUT2D eigenvalue weighted by Gasteiger charge is 2.24. The van der Waals surface area contributed by atoms with Gasteiger partial charge in [-0.2, -0.15) is 0 Å². The average molecular weight is 395 g/mol. The average Bonchev–Trinajstić information content (AvgIpc) is 2.70. The maximum atomic E-state index is 12.5. The zero-order chi connectivity index (χ0) is 21.1. The van der Waals surface area contributed by atoms with E-state index in [-0.39, 0.29) is 12.0 Å². The molecule has 7 nitrogen and oxygen atoms in total. The number of nitrogens with one attached hydrogen (secondary N) is 1. The van der Waals surface area contributed by atoms with E-state index in [1.54, 1.807) is 56.3 Å². The van der Waals surface area contributed by atoms with Crippen LogP contribution in [0.2, 0.25) is 0 Å². The second-order valence-corrected chi connectivity index (χ2v) is 6.69. The number of aliphatic carboxylic acids is 1. The van der Waals surface area contributed by atoms with Gasteiger partial charge >= 0.3 is 11.6 Å². The normalized spacial score (nSPS) is 11.8. The molecule has 1 amide bonds. The number of carboxylic acids is 1. The minimum absolute atomic E-state index is 0.191. The number of hydrogen-bond acceptors (Lipinski definition) is 5. The standard InChI is InChI=1S/C22H21NO6/c1-12-15-9-10-17(28-3)13(2)20(15)29-22(27)16(12)11-18(24)23-19(21(25)26)14-7-5-4-6-8-14/h4-10,19H,11H2,1-3H3,(H,23,24)(H,25,26)/t19-/m0/s1. The molecule has 1 aromatic heterocycles. The Bertz CT molecular complexity index is 1130. The van der Waals surface area contributed by atoms with Crippen LogP contribution >= 0.6 is 0 Å². The predicted molar refractivity (Wildman–Crippen MR) is 107 cm³/mol. The molecule has 2 N–H and O–H groups in total. The van der Waals surface area contributed by atoms with Crippen LogP contribution in [0.4, 0.5) is 0 Å². The molecule has 1 atom stereocenters. The van der Waals surface area contributed by atoms with E-state index < -0.39 is 23.5 Å². The molecule has 150 valence electrons. The van der Waals surface area contributed by atoms with Crippen molar-refractivity contribution >= 4 is 22.8 Å². The zero-order valence-corrected chi connectivity index (χ0v) is 16.3. The number of ether oxygens (including phenoxy) is 1. The molecular formula is C22H21NO6. The van der Waals surface area contributed by atoms with Crippen LogP contribution in [0.5, 0.6) is 5.75 Å². The van der Waals surface area contributed by atoms with E-state index in [1.165, 1.54) is 7.11 Å². The summed E-state index contributed by atoms with van der Waals surface area (Å²) in [6.07, 6.45) is -0.286. The molecule has 0 aliphatic rings. The largest absolute Gasteiger partial charge is 0.496 e. The molecule has 3 aromatic rings. The number of carbonyl (C=O) groups is 2. The highest BCUT2D eigenvalue weighted by Crippen LogP contribution is 2.29. The van der Waals surface area contributed by atoms with Crippen LogP contribution < -0.4 is 15.7 Å². The van der Waals surface area contributed by atoms with Gasteiger partial charge in [-0.1, -0.05) is 30.3 Å². The van der Waals surface area contributed by atoms with E-state index in [2.05, 4.69) is 5.32 Å². The molecule has 7 heteroatoms. The third-order valence-electron chi connectivity index (χ3n) is 4.90. The summed E-state index contributed by atoms with van der Waals surface area (Å²) < 4.78 is 10.7. The first-order valence-corrected chi connectivity index (χ1v) is 9.00. The summed E-state index contributed by atoms with van der Waals surface area (Å²) in [6, 6.07) is 10.7. The molecule has 0 bridgehead atoms. The van der Waals surface area contributed by atoms with E-state index in [0.717, 1.165) is 0 Å². The lowest BCUT2D eigenvalue weighted by molar-refractivity contribution is -0.142. The van der Waals surface area contributed by atoms with E-state index >= 15 is 0 Å². The van der Waals surface area contributed by atoms with Crippen LogP contribution in [0.25, 0.3) is 11.0 Å². The van der Waals surface area contributed by atoms with Crippen molar-refractivity contribution in [2.45, 2.75) is 26.3 Å². The van der Waals surface area contributed by atoms with Gasteiger partial charge < -0.3 is 19.6 Å².